The summed E-state index contributed by atoms with van der Waals surface area (Å²) in [5, 5.41) is 6.29. The summed E-state index contributed by atoms with van der Waals surface area (Å²) >= 11 is 0. The molecule has 0 aliphatic heterocycles. The van der Waals surface area contributed by atoms with Crippen LogP contribution in [0.15, 0.2) is 224 Å². The molecule has 5 nitrogen and oxygen atoms in total. The first-order valence-corrected chi connectivity index (χ1v) is 20.6. The van der Waals surface area contributed by atoms with Crippen LogP contribution in [0, 0.1) is 0 Å². The summed E-state index contributed by atoms with van der Waals surface area (Å²) in [4.78, 5) is 4.64. The third kappa shape index (κ3) is 6.19. The molecule has 0 spiro atoms. The van der Waals surface area contributed by atoms with Crippen LogP contribution in [0.3, 0.4) is 0 Å². The van der Waals surface area contributed by atoms with Gasteiger partial charge in [-0.05, 0) is 125 Å². The molecule has 1 heterocycles. The SMILES string of the molecule is Nc1c(N)c2ccc(-c3ccccc3)cc2c2ccc(-n3c4ccc(N(c5ccccc5)c5ccccc5)cc4c4cc(N(c5ccccc5)c5ccccc5)ccc43)cc12. The van der Waals surface area contributed by atoms with Gasteiger partial charge in [-0.2, -0.15) is 0 Å². The standard InChI is InChI=1S/C56H41N5/c57-55-48-30-26-39(38-16-6-1-7-17-38)34-49(48)47-31-27-46(37-52(47)56(55)58)61-53-32-28-44(59(40-18-8-2-9-19-40)41-20-10-3-11-21-41)35-50(53)51-36-45(29-33-54(51)61)60(42-22-12-4-13-23-42)43-24-14-5-15-25-43/h1-37H,57-58H2. The van der Waals surface area contributed by atoms with Crippen molar-refractivity contribution in [2.24, 2.45) is 0 Å². The molecule has 0 saturated carbocycles. The summed E-state index contributed by atoms with van der Waals surface area (Å²) < 4.78 is 2.36. The predicted octanol–water partition coefficient (Wildman–Crippen LogP) is 14.9. The number of aromatic nitrogens is 1. The molecule has 0 radical (unpaired) electrons. The summed E-state index contributed by atoms with van der Waals surface area (Å²) in [6, 6.07) is 79.4. The minimum absolute atomic E-state index is 0.588. The molecule has 0 bridgehead atoms. The maximum absolute atomic E-state index is 6.96. The Labute approximate surface area is 354 Å². The van der Waals surface area contributed by atoms with Gasteiger partial charge in [0.05, 0.1) is 22.4 Å². The Morgan fingerprint density at radius 1 is 0.279 bits per heavy atom. The number of fused-ring (bicyclic) bond motifs is 6. The van der Waals surface area contributed by atoms with Gasteiger partial charge in [0.15, 0.2) is 0 Å². The van der Waals surface area contributed by atoms with Gasteiger partial charge in [-0.1, -0.05) is 121 Å². The average molecular weight is 784 g/mol. The second-order valence-electron chi connectivity index (χ2n) is 15.4. The lowest BCUT2D eigenvalue weighted by atomic mass is 9.94. The zero-order valence-corrected chi connectivity index (χ0v) is 33.4. The predicted molar refractivity (Wildman–Crippen MR) is 259 cm³/mol. The smallest absolute Gasteiger partial charge is 0.0634 e. The number of benzene rings is 10. The molecule has 0 aliphatic carbocycles. The maximum Gasteiger partial charge on any atom is 0.0634 e. The van der Waals surface area contributed by atoms with Crippen LogP contribution in [-0.2, 0) is 0 Å². The molecule has 0 unspecified atom stereocenters. The van der Waals surface area contributed by atoms with Crippen molar-refractivity contribution in [3.8, 4) is 16.8 Å². The van der Waals surface area contributed by atoms with Crippen molar-refractivity contribution in [1.29, 1.82) is 0 Å². The molecular formula is C56H41N5. The minimum Gasteiger partial charge on any atom is -0.397 e. The van der Waals surface area contributed by atoms with Crippen molar-refractivity contribution >= 4 is 88.8 Å². The third-order valence-corrected chi connectivity index (χ3v) is 11.9. The molecule has 10 aromatic carbocycles. The molecule has 0 atom stereocenters. The van der Waals surface area contributed by atoms with E-state index >= 15 is 0 Å². The molecular weight excluding hydrogens is 743 g/mol. The Morgan fingerprint density at radius 2 is 0.705 bits per heavy atom. The summed E-state index contributed by atoms with van der Waals surface area (Å²) in [6.45, 7) is 0. The molecule has 0 amide bonds. The lowest BCUT2D eigenvalue weighted by Gasteiger charge is -2.26. The van der Waals surface area contributed by atoms with E-state index in [4.69, 9.17) is 11.5 Å². The molecule has 0 aliphatic rings. The highest BCUT2D eigenvalue weighted by molar-refractivity contribution is 6.20. The van der Waals surface area contributed by atoms with E-state index < -0.39 is 0 Å². The van der Waals surface area contributed by atoms with Crippen molar-refractivity contribution in [2.45, 2.75) is 0 Å². The number of hydrogen-bond donors (Lipinski definition) is 2. The summed E-state index contributed by atoms with van der Waals surface area (Å²) in [5.74, 6) is 0. The Balaban J connectivity index is 1.16. The van der Waals surface area contributed by atoms with Gasteiger partial charge in [-0.15, -0.1) is 0 Å². The van der Waals surface area contributed by atoms with Gasteiger partial charge in [0, 0.05) is 61.4 Å². The van der Waals surface area contributed by atoms with Gasteiger partial charge < -0.3 is 25.8 Å². The number of rotatable bonds is 8. The van der Waals surface area contributed by atoms with Crippen LogP contribution < -0.4 is 21.3 Å². The fourth-order valence-electron chi connectivity index (χ4n) is 8.99. The van der Waals surface area contributed by atoms with Crippen LogP contribution in [-0.4, -0.2) is 4.57 Å². The van der Waals surface area contributed by atoms with E-state index in [9.17, 15) is 0 Å². The molecule has 11 aromatic rings. The number of para-hydroxylation sites is 4. The van der Waals surface area contributed by atoms with Crippen molar-refractivity contribution in [1.82, 2.24) is 4.57 Å². The minimum atomic E-state index is 0.588. The topological polar surface area (TPSA) is 63.5 Å². The molecule has 61 heavy (non-hydrogen) atoms. The summed E-state index contributed by atoms with van der Waals surface area (Å²) in [6.07, 6.45) is 0. The number of anilines is 8. The van der Waals surface area contributed by atoms with Crippen LogP contribution in [0.4, 0.5) is 45.5 Å². The first-order chi connectivity index (χ1) is 30.1. The van der Waals surface area contributed by atoms with E-state index in [1.807, 2.05) is 6.07 Å². The number of nitrogens with zero attached hydrogens (tertiary/aromatic N) is 3. The van der Waals surface area contributed by atoms with Crippen LogP contribution in [0.5, 0.6) is 0 Å². The number of nitrogens with two attached hydrogens (primary N) is 2. The Morgan fingerprint density at radius 3 is 1.18 bits per heavy atom. The highest BCUT2D eigenvalue weighted by Crippen LogP contribution is 2.44. The van der Waals surface area contributed by atoms with Gasteiger partial charge in [-0.3, -0.25) is 0 Å². The van der Waals surface area contributed by atoms with E-state index in [1.165, 1.54) is 0 Å². The average Bonchev–Trinajstić information content (AvgIpc) is 3.65. The Bertz CT molecular complexity index is 3150. The molecule has 0 fully saturated rings. The first kappa shape index (κ1) is 35.8. The Hall–Kier alpha value is -8.28. The quantitative estimate of drug-likeness (QED) is 0.0915. The lowest BCUT2D eigenvalue weighted by molar-refractivity contribution is 1.18. The molecule has 11 rings (SSSR count). The summed E-state index contributed by atoms with van der Waals surface area (Å²) in [5.41, 5.74) is 26.9. The van der Waals surface area contributed by atoms with Crippen molar-refractivity contribution in [3.05, 3.63) is 224 Å². The van der Waals surface area contributed by atoms with Crippen LogP contribution >= 0.6 is 0 Å². The van der Waals surface area contributed by atoms with Gasteiger partial charge in [-0.25, -0.2) is 0 Å². The largest absolute Gasteiger partial charge is 0.397 e. The normalized spacial score (nSPS) is 11.4. The van der Waals surface area contributed by atoms with Crippen molar-refractivity contribution in [2.75, 3.05) is 21.3 Å². The molecule has 290 valence electrons. The first-order valence-electron chi connectivity index (χ1n) is 20.6. The van der Waals surface area contributed by atoms with E-state index in [-0.39, 0.29) is 0 Å². The van der Waals surface area contributed by atoms with Gasteiger partial charge in [0.25, 0.3) is 0 Å². The van der Waals surface area contributed by atoms with E-state index in [0.717, 1.165) is 94.3 Å². The Kier molecular flexibility index (Phi) is 8.72. The highest BCUT2D eigenvalue weighted by Gasteiger charge is 2.21. The van der Waals surface area contributed by atoms with Crippen LogP contribution in [0.25, 0.3) is 60.2 Å². The van der Waals surface area contributed by atoms with Crippen LogP contribution in [0.2, 0.25) is 0 Å². The fraction of sp³-hybridized carbons (Fsp3) is 0. The van der Waals surface area contributed by atoms with Crippen LogP contribution in [0.1, 0.15) is 0 Å². The van der Waals surface area contributed by atoms with Gasteiger partial charge in [0.1, 0.15) is 0 Å². The number of hydrogen-bond acceptors (Lipinski definition) is 4. The van der Waals surface area contributed by atoms with Crippen molar-refractivity contribution < 1.29 is 0 Å². The molecule has 1 aromatic heterocycles. The van der Waals surface area contributed by atoms with E-state index in [2.05, 4.69) is 233 Å². The summed E-state index contributed by atoms with van der Waals surface area (Å²) in [7, 11) is 0. The molecule has 0 saturated heterocycles. The van der Waals surface area contributed by atoms with Crippen molar-refractivity contribution in [3.63, 3.8) is 0 Å². The second-order valence-corrected chi connectivity index (χ2v) is 15.4. The zero-order chi connectivity index (χ0) is 40.9. The number of nitrogen functional groups attached to an aromatic ring is 2. The van der Waals surface area contributed by atoms with Gasteiger partial charge in [0.2, 0.25) is 0 Å². The fourth-order valence-corrected chi connectivity index (χ4v) is 8.99. The monoisotopic (exact) mass is 783 g/mol. The maximum atomic E-state index is 6.96. The molecule has 4 N–H and O–H groups in total. The highest BCUT2D eigenvalue weighted by atomic mass is 15.1. The third-order valence-electron chi connectivity index (χ3n) is 11.9. The zero-order valence-electron chi connectivity index (χ0n) is 33.4. The van der Waals surface area contributed by atoms with Gasteiger partial charge >= 0.3 is 0 Å². The van der Waals surface area contributed by atoms with E-state index in [1.54, 1.807) is 0 Å². The lowest BCUT2D eigenvalue weighted by Crippen LogP contribution is -2.09. The molecule has 5 heteroatoms. The van der Waals surface area contributed by atoms with E-state index in [0.29, 0.717) is 11.4 Å². The second kappa shape index (κ2) is 14.8.